The molecule has 0 radical (unpaired) electrons. The summed E-state index contributed by atoms with van der Waals surface area (Å²) in [7, 11) is 0. The Labute approximate surface area is 132 Å². The molecule has 2 fully saturated rings. The van der Waals surface area contributed by atoms with Crippen LogP contribution < -0.4 is 13.8 Å². The average molecular weight is 327 g/mol. The summed E-state index contributed by atoms with van der Waals surface area (Å²) in [5, 5.41) is 0. The molecule has 2 aliphatic rings. The van der Waals surface area contributed by atoms with Gasteiger partial charge in [-0.3, -0.25) is 8.61 Å². The van der Waals surface area contributed by atoms with Crippen LogP contribution in [0.3, 0.4) is 0 Å². The quantitative estimate of drug-likeness (QED) is 0.857. The summed E-state index contributed by atoms with van der Waals surface area (Å²) in [6, 6.07) is 7.92. The fraction of sp³-hybridized carbons (Fsp3) is 0.571. The summed E-state index contributed by atoms with van der Waals surface area (Å²) < 4.78 is 24.9. The number of ether oxygens (including phenoxy) is 1. The SMILES string of the molecule is CSN1CCC(Oc2ccc(N3CCNS3=O)cc2)CC1. The van der Waals surface area contributed by atoms with Gasteiger partial charge in [-0.05, 0) is 43.4 Å². The van der Waals surface area contributed by atoms with Crippen molar-refractivity contribution < 1.29 is 8.95 Å². The van der Waals surface area contributed by atoms with Crippen LogP contribution in [0.2, 0.25) is 0 Å². The van der Waals surface area contributed by atoms with Crippen molar-refractivity contribution in [1.29, 1.82) is 0 Å². The first kappa shape index (κ1) is 15.1. The first-order chi connectivity index (χ1) is 10.3. The number of piperidine rings is 1. The van der Waals surface area contributed by atoms with Gasteiger partial charge in [0.05, 0.1) is 5.69 Å². The van der Waals surface area contributed by atoms with Gasteiger partial charge in [0, 0.05) is 26.2 Å². The third-order valence-electron chi connectivity index (χ3n) is 3.83. The average Bonchev–Trinajstić information content (AvgIpc) is 2.95. The summed E-state index contributed by atoms with van der Waals surface area (Å²) in [6.07, 6.45) is 4.57. The number of hydrogen-bond acceptors (Lipinski definition) is 4. The minimum absolute atomic E-state index is 0.307. The highest BCUT2D eigenvalue weighted by atomic mass is 32.2. The molecule has 21 heavy (non-hydrogen) atoms. The van der Waals surface area contributed by atoms with Crippen molar-refractivity contribution >= 4 is 28.8 Å². The maximum absolute atomic E-state index is 11.7. The topological polar surface area (TPSA) is 44.8 Å². The molecule has 1 atom stereocenters. The molecular formula is C14H21N3O2S2. The molecule has 7 heteroatoms. The Morgan fingerprint density at radius 2 is 1.95 bits per heavy atom. The summed E-state index contributed by atoms with van der Waals surface area (Å²) in [5.74, 6) is 0.902. The molecule has 3 rings (SSSR count). The third-order valence-corrected chi connectivity index (χ3v) is 5.95. The zero-order valence-electron chi connectivity index (χ0n) is 12.2. The second kappa shape index (κ2) is 7.00. The Bertz CT molecular complexity index is 489. The van der Waals surface area contributed by atoms with Crippen LogP contribution in [0.15, 0.2) is 24.3 Å². The highest BCUT2D eigenvalue weighted by Gasteiger charge is 2.21. The van der Waals surface area contributed by atoms with Crippen molar-refractivity contribution in [3.8, 4) is 5.75 Å². The van der Waals surface area contributed by atoms with E-state index in [-0.39, 0.29) is 0 Å². The van der Waals surface area contributed by atoms with Crippen molar-refractivity contribution in [3.63, 3.8) is 0 Å². The second-order valence-corrected chi connectivity index (χ2v) is 7.28. The maximum atomic E-state index is 11.7. The van der Waals surface area contributed by atoms with Gasteiger partial charge in [0.15, 0.2) is 11.2 Å². The molecule has 0 spiro atoms. The van der Waals surface area contributed by atoms with Gasteiger partial charge in [0.2, 0.25) is 0 Å². The molecule has 0 aromatic heterocycles. The Hall–Kier alpha value is -0.760. The normalized spacial score (nSPS) is 24.4. The fourth-order valence-electron chi connectivity index (χ4n) is 2.64. The highest BCUT2D eigenvalue weighted by Crippen LogP contribution is 2.25. The van der Waals surface area contributed by atoms with E-state index in [1.807, 2.05) is 40.5 Å². The van der Waals surface area contributed by atoms with Gasteiger partial charge in [0.25, 0.3) is 0 Å². The van der Waals surface area contributed by atoms with Crippen molar-refractivity contribution in [2.24, 2.45) is 0 Å². The number of rotatable bonds is 4. The monoisotopic (exact) mass is 327 g/mol. The van der Waals surface area contributed by atoms with Crippen molar-refractivity contribution in [1.82, 2.24) is 9.03 Å². The van der Waals surface area contributed by atoms with E-state index in [2.05, 4.69) is 15.3 Å². The Morgan fingerprint density at radius 1 is 1.24 bits per heavy atom. The molecule has 1 unspecified atom stereocenters. The zero-order valence-corrected chi connectivity index (χ0v) is 13.8. The van der Waals surface area contributed by atoms with Crippen LogP contribution in [0.5, 0.6) is 5.75 Å². The number of nitrogens with one attached hydrogen (secondary N) is 1. The van der Waals surface area contributed by atoms with Crippen LogP contribution in [0.1, 0.15) is 12.8 Å². The fourth-order valence-corrected chi connectivity index (χ4v) is 4.20. The van der Waals surface area contributed by atoms with Gasteiger partial charge in [-0.2, -0.15) is 0 Å². The molecule has 1 aromatic carbocycles. The third kappa shape index (κ3) is 3.71. The van der Waals surface area contributed by atoms with Crippen LogP contribution >= 0.6 is 11.9 Å². The molecule has 116 valence electrons. The summed E-state index contributed by atoms with van der Waals surface area (Å²) >= 11 is 0.713. The molecular weight excluding hydrogens is 306 g/mol. The number of anilines is 1. The molecule has 0 saturated carbocycles. The lowest BCUT2D eigenvalue weighted by Crippen LogP contribution is -2.34. The largest absolute Gasteiger partial charge is 0.490 e. The molecule has 0 amide bonds. The Morgan fingerprint density at radius 3 is 2.52 bits per heavy atom. The van der Waals surface area contributed by atoms with Crippen LogP contribution in [-0.4, -0.2) is 47.1 Å². The lowest BCUT2D eigenvalue weighted by Gasteiger charge is -2.30. The molecule has 2 aliphatic heterocycles. The minimum Gasteiger partial charge on any atom is -0.490 e. The van der Waals surface area contributed by atoms with Crippen LogP contribution in [0.25, 0.3) is 0 Å². The number of hydrogen-bond donors (Lipinski definition) is 1. The van der Waals surface area contributed by atoms with E-state index >= 15 is 0 Å². The predicted octanol–water partition coefficient (Wildman–Crippen LogP) is 1.80. The van der Waals surface area contributed by atoms with Gasteiger partial charge in [-0.15, -0.1) is 0 Å². The highest BCUT2D eigenvalue weighted by molar-refractivity contribution is 7.96. The van der Waals surface area contributed by atoms with Gasteiger partial charge < -0.3 is 4.74 Å². The smallest absolute Gasteiger partial charge is 0.196 e. The molecule has 5 nitrogen and oxygen atoms in total. The number of benzene rings is 1. The summed E-state index contributed by atoms with van der Waals surface area (Å²) in [6.45, 7) is 3.71. The second-order valence-electron chi connectivity index (χ2n) is 5.17. The van der Waals surface area contributed by atoms with Gasteiger partial charge in [0.1, 0.15) is 11.9 Å². The zero-order chi connectivity index (χ0) is 14.7. The van der Waals surface area contributed by atoms with E-state index in [4.69, 9.17) is 4.74 Å². The lowest BCUT2D eigenvalue weighted by atomic mass is 10.1. The van der Waals surface area contributed by atoms with Gasteiger partial charge in [-0.1, -0.05) is 11.9 Å². The minimum atomic E-state index is -1.09. The van der Waals surface area contributed by atoms with E-state index in [9.17, 15) is 4.21 Å². The summed E-state index contributed by atoms with van der Waals surface area (Å²) in [4.78, 5) is 0. The predicted molar refractivity (Wildman–Crippen MR) is 88.7 cm³/mol. The first-order valence-corrected chi connectivity index (χ1v) is 9.54. The standard InChI is InChI=1S/C14H21N3O2S2/c1-20-16-9-6-14(7-10-16)19-13-4-2-12(3-5-13)17-11-8-15-21(17)18/h2-5,14-15H,6-11H2,1H3. The Kier molecular flexibility index (Phi) is 5.05. The molecule has 0 bridgehead atoms. The van der Waals surface area contributed by atoms with E-state index in [0.29, 0.717) is 6.10 Å². The molecule has 2 saturated heterocycles. The Balaban J connectivity index is 1.56. The first-order valence-electron chi connectivity index (χ1n) is 7.25. The van der Waals surface area contributed by atoms with E-state index < -0.39 is 11.2 Å². The molecule has 1 N–H and O–H groups in total. The van der Waals surface area contributed by atoms with Gasteiger partial charge in [-0.25, -0.2) is 8.93 Å². The lowest BCUT2D eigenvalue weighted by molar-refractivity contribution is 0.139. The molecule has 2 heterocycles. The van der Waals surface area contributed by atoms with Crippen LogP contribution in [-0.2, 0) is 11.2 Å². The molecule has 0 aliphatic carbocycles. The van der Waals surface area contributed by atoms with E-state index in [0.717, 1.165) is 50.5 Å². The maximum Gasteiger partial charge on any atom is 0.196 e. The van der Waals surface area contributed by atoms with Crippen molar-refractivity contribution in [2.45, 2.75) is 18.9 Å². The molecule has 1 aromatic rings. The van der Waals surface area contributed by atoms with Gasteiger partial charge >= 0.3 is 0 Å². The van der Waals surface area contributed by atoms with E-state index in [1.54, 1.807) is 0 Å². The van der Waals surface area contributed by atoms with Crippen molar-refractivity contribution in [3.05, 3.63) is 24.3 Å². The summed E-state index contributed by atoms with van der Waals surface area (Å²) in [5.41, 5.74) is 0.975. The van der Waals surface area contributed by atoms with E-state index in [1.165, 1.54) is 0 Å². The number of nitrogens with zero attached hydrogens (tertiary/aromatic N) is 2. The van der Waals surface area contributed by atoms with Crippen LogP contribution in [0, 0.1) is 0 Å². The van der Waals surface area contributed by atoms with Crippen molar-refractivity contribution in [2.75, 3.05) is 36.7 Å². The van der Waals surface area contributed by atoms with Crippen LogP contribution in [0.4, 0.5) is 5.69 Å².